The van der Waals surface area contributed by atoms with E-state index in [1.807, 2.05) is 6.92 Å². The van der Waals surface area contributed by atoms with Crippen LogP contribution in [0.1, 0.15) is 40.0 Å². The van der Waals surface area contributed by atoms with Gasteiger partial charge in [-0.25, -0.2) is 0 Å². The van der Waals surface area contributed by atoms with Gasteiger partial charge in [-0.1, -0.05) is 20.3 Å². The van der Waals surface area contributed by atoms with Gasteiger partial charge in [-0.2, -0.15) is 0 Å². The van der Waals surface area contributed by atoms with Crippen molar-refractivity contribution in [2.75, 3.05) is 13.1 Å². The van der Waals surface area contributed by atoms with Gasteiger partial charge in [0.15, 0.2) is 0 Å². The van der Waals surface area contributed by atoms with Gasteiger partial charge in [0, 0.05) is 6.54 Å². The van der Waals surface area contributed by atoms with E-state index in [2.05, 4.69) is 10.6 Å². The molecular weight excluding hydrogens is 328 g/mol. The van der Waals surface area contributed by atoms with Crippen LogP contribution in [0.25, 0.3) is 0 Å². The maximum atomic E-state index is 12.6. The molecule has 0 saturated carbocycles. The molecule has 0 aliphatic carbocycles. The first-order valence-corrected chi connectivity index (χ1v) is 8.55. The highest BCUT2D eigenvalue weighted by Crippen LogP contribution is 2.18. The molecule has 0 aromatic rings. The Hall–Kier alpha value is -2.16. The number of nitrogens with one attached hydrogen (secondary N) is 2. The molecule has 1 rings (SSSR count). The van der Waals surface area contributed by atoms with E-state index < -0.39 is 35.9 Å². The fourth-order valence-electron chi connectivity index (χ4n) is 2.77. The van der Waals surface area contributed by atoms with Gasteiger partial charge in [0.25, 0.3) is 0 Å². The highest BCUT2D eigenvalue weighted by atomic mass is 16.4. The van der Waals surface area contributed by atoms with Crippen LogP contribution in [0.5, 0.6) is 0 Å². The van der Waals surface area contributed by atoms with E-state index in [9.17, 15) is 19.2 Å². The second-order valence-corrected chi connectivity index (χ2v) is 6.39. The Labute approximate surface area is 147 Å². The average molecular weight is 356 g/mol. The summed E-state index contributed by atoms with van der Waals surface area (Å²) in [6, 6.07) is -2.57. The molecule has 0 radical (unpaired) electrons. The summed E-state index contributed by atoms with van der Waals surface area (Å²) in [6.07, 6.45) is 1.83. The van der Waals surface area contributed by atoms with Crippen molar-refractivity contribution in [1.82, 2.24) is 15.5 Å². The van der Waals surface area contributed by atoms with Crippen molar-refractivity contribution in [2.45, 2.75) is 58.2 Å². The van der Waals surface area contributed by atoms with E-state index >= 15 is 0 Å². The molecule has 25 heavy (non-hydrogen) atoms. The van der Waals surface area contributed by atoms with Crippen LogP contribution in [0.2, 0.25) is 0 Å². The molecular formula is C16H28N4O5. The molecule has 0 spiro atoms. The van der Waals surface area contributed by atoms with E-state index in [-0.39, 0.29) is 18.4 Å². The first kappa shape index (κ1) is 20.9. The summed E-state index contributed by atoms with van der Waals surface area (Å²) in [6.45, 7) is 5.32. The van der Waals surface area contributed by atoms with E-state index in [0.29, 0.717) is 25.8 Å². The number of amides is 3. The maximum Gasteiger partial charge on any atom is 0.325 e. The van der Waals surface area contributed by atoms with Gasteiger partial charge in [0.1, 0.15) is 18.1 Å². The van der Waals surface area contributed by atoms with Crippen molar-refractivity contribution >= 4 is 23.7 Å². The summed E-state index contributed by atoms with van der Waals surface area (Å²) in [4.78, 5) is 49.2. The van der Waals surface area contributed by atoms with E-state index in [1.165, 1.54) is 11.8 Å². The van der Waals surface area contributed by atoms with Crippen LogP contribution >= 0.6 is 0 Å². The summed E-state index contributed by atoms with van der Waals surface area (Å²) in [5.74, 6) is -2.61. The predicted molar refractivity (Wildman–Crippen MR) is 90.4 cm³/mol. The zero-order chi connectivity index (χ0) is 19.1. The van der Waals surface area contributed by atoms with Crippen LogP contribution in [-0.4, -0.2) is 64.9 Å². The third kappa shape index (κ3) is 5.42. The van der Waals surface area contributed by atoms with Gasteiger partial charge < -0.3 is 26.4 Å². The van der Waals surface area contributed by atoms with Crippen molar-refractivity contribution in [3.05, 3.63) is 0 Å². The van der Waals surface area contributed by atoms with Crippen LogP contribution in [0.15, 0.2) is 0 Å². The lowest BCUT2D eigenvalue weighted by Crippen LogP contribution is -2.57. The zero-order valence-electron chi connectivity index (χ0n) is 14.9. The Bertz CT molecular complexity index is 525. The largest absolute Gasteiger partial charge is 0.480 e. The number of carboxylic acid groups (broad SMARTS) is 1. The number of aliphatic carboxylic acids is 1. The van der Waals surface area contributed by atoms with Gasteiger partial charge in [0.2, 0.25) is 17.7 Å². The Kier molecular flexibility index (Phi) is 7.82. The molecule has 1 fully saturated rings. The molecule has 9 nitrogen and oxygen atoms in total. The zero-order valence-corrected chi connectivity index (χ0v) is 14.9. The minimum atomic E-state index is -1.15. The quantitative estimate of drug-likeness (QED) is 0.442. The van der Waals surface area contributed by atoms with Crippen LogP contribution in [0.3, 0.4) is 0 Å². The van der Waals surface area contributed by atoms with E-state index in [4.69, 9.17) is 10.8 Å². The van der Waals surface area contributed by atoms with Gasteiger partial charge in [-0.05, 0) is 25.7 Å². The number of nitrogens with two attached hydrogens (primary N) is 1. The van der Waals surface area contributed by atoms with Crippen molar-refractivity contribution in [3.63, 3.8) is 0 Å². The monoisotopic (exact) mass is 356 g/mol. The van der Waals surface area contributed by atoms with Gasteiger partial charge in [-0.15, -0.1) is 0 Å². The molecule has 0 aromatic carbocycles. The van der Waals surface area contributed by atoms with E-state index in [1.54, 1.807) is 6.92 Å². The van der Waals surface area contributed by atoms with Gasteiger partial charge >= 0.3 is 5.97 Å². The number of hydrogen-bond acceptors (Lipinski definition) is 5. The minimum Gasteiger partial charge on any atom is -0.480 e. The molecule has 9 heteroatoms. The molecule has 4 unspecified atom stereocenters. The maximum absolute atomic E-state index is 12.6. The molecule has 1 aliphatic heterocycles. The highest BCUT2D eigenvalue weighted by Gasteiger charge is 2.36. The van der Waals surface area contributed by atoms with Crippen molar-refractivity contribution in [2.24, 2.45) is 11.7 Å². The fourth-order valence-corrected chi connectivity index (χ4v) is 2.77. The second-order valence-electron chi connectivity index (χ2n) is 6.39. The Balaban J connectivity index is 2.83. The molecule has 4 atom stereocenters. The molecule has 1 aliphatic rings. The summed E-state index contributed by atoms with van der Waals surface area (Å²) in [5, 5.41) is 14.0. The summed E-state index contributed by atoms with van der Waals surface area (Å²) in [7, 11) is 0. The lowest BCUT2D eigenvalue weighted by atomic mass is 9.97. The number of carboxylic acids is 1. The van der Waals surface area contributed by atoms with Crippen LogP contribution in [0, 0.1) is 5.92 Å². The third-order valence-corrected chi connectivity index (χ3v) is 4.57. The first-order chi connectivity index (χ1) is 11.7. The molecule has 5 N–H and O–H groups in total. The number of hydrogen-bond donors (Lipinski definition) is 4. The third-order valence-electron chi connectivity index (χ3n) is 4.57. The smallest absolute Gasteiger partial charge is 0.325 e. The van der Waals surface area contributed by atoms with Gasteiger partial charge in [-0.3, -0.25) is 19.2 Å². The number of carbonyl (C=O) groups excluding carboxylic acids is 3. The Morgan fingerprint density at radius 2 is 1.88 bits per heavy atom. The second kappa shape index (κ2) is 9.36. The van der Waals surface area contributed by atoms with Crippen molar-refractivity contribution < 1.29 is 24.3 Å². The van der Waals surface area contributed by atoms with Gasteiger partial charge in [0.05, 0.1) is 6.54 Å². The van der Waals surface area contributed by atoms with Crippen LogP contribution in [-0.2, 0) is 19.2 Å². The predicted octanol–water partition coefficient (Wildman–Crippen LogP) is -0.944. The molecule has 1 heterocycles. The van der Waals surface area contributed by atoms with Crippen LogP contribution in [0.4, 0.5) is 0 Å². The molecule has 3 amide bonds. The van der Waals surface area contributed by atoms with Crippen LogP contribution < -0.4 is 16.4 Å². The minimum absolute atomic E-state index is 0.171. The first-order valence-electron chi connectivity index (χ1n) is 8.55. The molecule has 0 bridgehead atoms. The summed E-state index contributed by atoms with van der Waals surface area (Å²) >= 11 is 0. The topological polar surface area (TPSA) is 142 Å². The molecule has 142 valence electrons. The van der Waals surface area contributed by atoms with Crippen molar-refractivity contribution in [1.29, 1.82) is 0 Å². The standard InChI is InChI=1S/C16H28N4O5/c1-4-9(2)13(15(23)18-10(3)16(24)25)19-14(22)11-6-5-7-20(11)12(21)8-17/h9-11,13H,4-8,17H2,1-3H3,(H,18,23)(H,19,22)(H,24,25). The molecule has 1 saturated heterocycles. The Morgan fingerprint density at radius 1 is 1.24 bits per heavy atom. The number of rotatable bonds is 8. The number of likely N-dealkylation sites (tertiary alicyclic amines) is 1. The lowest BCUT2D eigenvalue weighted by Gasteiger charge is -2.28. The van der Waals surface area contributed by atoms with E-state index in [0.717, 1.165) is 0 Å². The van der Waals surface area contributed by atoms with Crippen molar-refractivity contribution in [3.8, 4) is 0 Å². The Morgan fingerprint density at radius 3 is 2.40 bits per heavy atom. The summed E-state index contributed by atoms with van der Waals surface area (Å²) < 4.78 is 0. The SMILES string of the molecule is CCC(C)C(NC(=O)C1CCCN1C(=O)CN)C(=O)NC(C)C(=O)O. The normalized spacial score (nSPS) is 20.5. The number of carbonyl (C=O) groups is 4. The lowest BCUT2D eigenvalue weighted by molar-refractivity contribution is -0.142. The summed E-state index contributed by atoms with van der Waals surface area (Å²) in [5.41, 5.74) is 5.37. The molecule has 0 aromatic heterocycles. The highest BCUT2D eigenvalue weighted by molar-refractivity contribution is 5.94. The average Bonchev–Trinajstić information content (AvgIpc) is 3.07. The fraction of sp³-hybridized carbons (Fsp3) is 0.750. The number of nitrogens with zero attached hydrogens (tertiary/aromatic N) is 1.